The van der Waals surface area contributed by atoms with Crippen molar-refractivity contribution in [1.29, 1.82) is 0 Å². The van der Waals surface area contributed by atoms with Crippen LogP contribution in [-0.2, 0) is 13.0 Å². The minimum atomic E-state index is -0.594. The highest BCUT2D eigenvalue weighted by molar-refractivity contribution is 5.92. The van der Waals surface area contributed by atoms with Crippen LogP contribution in [0.15, 0.2) is 41.3 Å². The molecule has 168 valence electrons. The first-order valence-electron chi connectivity index (χ1n) is 10.4. The highest BCUT2D eigenvalue weighted by Crippen LogP contribution is 2.36. The predicted octanol–water partition coefficient (Wildman–Crippen LogP) is 3.82. The molecule has 1 aliphatic carbocycles. The van der Waals surface area contributed by atoms with Crippen LogP contribution in [0.2, 0.25) is 0 Å². The second-order valence-electron chi connectivity index (χ2n) is 7.53. The molecule has 0 fully saturated rings. The number of carbonyl (C=O) groups excluding carboxylic acids is 1. The van der Waals surface area contributed by atoms with E-state index in [1.54, 1.807) is 25.4 Å². The van der Waals surface area contributed by atoms with Crippen molar-refractivity contribution in [2.45, 2.75) is 32.4 Å². The van der Waals surface area contributed by atoms with E-state index in [9.17, 15) is 9.59 Å². The lowest BCUT2D eigenvalue weighted by molar-refractivity contribution is 0.196. The largest absolute Gasteiger partial charge is 0.497 e. The first kappa shape index (κ1) is 21.5. The van der Waals surface area contributed by atoms with E-state index in [2.05, 4.69) is 5.32 Å². The van der Waals surface area contributed by atoms with E-state index in [1.165, 1.54) is 24.4 Å². The van der Waals surface area contributed by atoms with Gasteiger partial charge in [-0.3, -0.25) is 4.79 Å². The Kier molecular flexibility index (Phi) is 5.94. The van der Waals surface area contributed by atoms with Crippen molar-refractivity contribution in [2.75, 3.05) is 21.3 Å². The minimum absolute atomic E-state index is 0.175. The molecule has 1 amide bonds. The number of pyridine rings is 1. The van der Waals surface area contributed by atoms with Gasteiger partial charge in [-0.2, -0.15) is 0 Å². The Balaban J connectivity index is 1.66. The van der Waals surface area contributed by atoms with Crippen molar-refractivity contribution in [2.24, 2.45) is 0 Å². The lowest BCUT2D eigenvalue weighted by atomic mass is 10.1. The van der Waals surface area contributed by atoms with Gasteiger partial charge >= 0.3 is 6.09 Å². The maximum atomic E-state index is 12.8. The smallest absolute Gasteiger partial charge is 0.413 e. The summed E-state index contributed by atoms with van der Waals surface area (Å²) in [5.74, 6) is 1.88. The maximum Gasteiger partial charge on any atom is 0.413 e. The number of fused-ring (bicyclic) bond motifs is 2. The van der Waals surface area contributed by atoms with Crippen LogP contribution in [0.5, 0.6) is 23.0 Å². The summed E-state index contributed by atoms with van der Waals surface area (Å²) in [6, 6.07) is 8.95. The first-order valence-corrected chi connectivity index (χ1v) is 10.4. The molecule has 8 heteroatoms. The van der Waals surface area contributed by atoms with Gasteiger partial charge in [0.15, 0.2) is 17.2 Å². The summed E-state index contributed by atoms with van der Waals surface area (Å²) in [4.78, 5) is 25.7. The molecule has 0 saturated carbocycles. The van der Waals surface area contributed by atoms with Gasteiger partial charge in [-0.15, -0.1) is 0 Å². The van der Waals surface area contributed by atoms with Crippen molar-refractivity contribution in [3.63, 3.8) is 0 Å². The summed E-state index contributed by atoms with van der Waals surface area (Å²) in [5, 5.41) is 3.80. The maximum absolute atomic E-state index is 12.8. The fourth-order valence-corrected chi connectivity index (χ4v) is 4.13. The number of ether oxygens (including phenoxy) is 4. The lowest BCUT2D eigenvalue weighted by Crippen LogP contribution is -2.30. The van der Waals surface area contributed by atoms with Crippen molar-refractivity contribution < 1.29 is 23.7 Å². The zero-order chi connectivity index (χ0) is 22.8. The lowest BCUT2D eigenvalue weighted by Gasteiger charge is -2.17. The number of hydrogen-bond donors (Lipinski definition) is 1. The average molecular weight is 438 g/mol. The molecular formula is C24H26N2O6. The number of nitrogens with zero attached hydrogens (tertiary/aromatic N) is 1. The van der Waals surface area contributed by atoms with Gasteiger partial charge in [0, 0.05) is 11.9 Å². The van der Waals surface area contributed by atoms with Crippen LogP contribution >= 0.6 is 0 Å². The van der Waals surface area contributed by atoms with Crippen LogP contribution in [-0.4, -0.2) is 32.0 Å². The number of rotatable bonds is 6. The zero-order valence-electron chi connectivity index (χ0n) is 18.6. The first-order chi connectivity index (χ1) is 15.5. The standard InChI is InChI=1S/C24H26N2O6/c1-5-26-13-22(17-11-20(30-3)21(31-4)12-18(17)23(26)27)32-24(28)25-19-9-7-14-6-8-15(29-2)10-16(14)19/h6,8,10-13,19H,5,7,9H2,1-4H3,(H,25,28). The van der Waals surface area contributed by atoms with Crippen LogP contribution in [0.25, 0.3) is 10.8 Å². The number of aromatic nitrogens is 1. The van der Waals surface area contributed by atoms with E-state index in [1.807, 2.05) is 25.1 Å². The third-order valence-electron chi connectivity index (χ3n) is 5.82. The Morgan fingerprint density at radius 3 is 2.41 bits per heavy atom. The SMILES string of the molecule is CCn1cc(OC(=O)NC2CCc3ccc(OC)cc32)c2cc(OC)c(OC)cc2c1=O. The van der Waals surface area contributed by atoms with E-state index >= 15 is 0 Å². The number of amides is 1. The monoisotopic (exact) mass is 438 g/mol. The van der Waals surface area contributed by atoms with Gasteiger partial charge in [-0.1, -0.05) is 6.07 Å². The fourth-order valence-electron chi connectivity index (χ4n) is 4.13. The third kappa shape index (κ3) is 3.84. The van der Waals surface area contributed by atoms with Gasteiger partial charge in [-0.05, 0) is 55.2 Å². The molecule has 0 spiro atoms. The fraction of sp³-hybridized carbons (Fsp3) is 0.333. The van der Waals surface area contributed by atoms with E-state index in [0.29, 0.717) is 28.8 Å². The van der Waals surface area contributed by atoms with Crippen molar-refractivity contribution >= 4 is 16.9 Å². The quantitative estimate of drug-likeness (QED) is 0.630. The molecule has 3 aromatic rings. The van der Waals surface area contributed by atoms with E-state index in [0.717, 1.165) is 24.2 Å². The number of aryl methyl sites for hydroxylation is 2. The molecule has 2 aromatic carbocycles. The normalized spacial score (nSPS) is 14.7. The van der Waals surface area contributed by atoms with Crippen LogP contribution in [0.3, 0.4) is 0 Å². The summed E-state index contributed by atoms with van der Waals surface area (Å²) in [6.45, 7) is 2.28. The summed E-state index contributed by atoms with van der Waals surface area (Å²) < 4.78 is 23.2. The zero-order valence-corrected chi connectivity index (χ0v) is 18.6. The highest BCUT2D eigenvalue weighted by Gasteiger charge is 2.26. The molecule has 32 heavy (non-hydrogen) atoms. The second kappa shape index (κ2) is 8.82. The molecule has 1 aliphatic rings. The van der Waals surface area contributed by atoms with E-state index in [4.69, 9.17) is 18.9 Å². The van der Waals surface area contributed by atoms with Gasteiger partial charge in [0.2, 0.25) is 0 Å². The highest BCUT2D eigenvalue weighted by atomic mass is 16.6. The van der Waals surface area contributed by atoms with E-state index < -0.39 is 6.09 Å². The van der Waals surface area contributed by atoms with Crippen molar-refractivity contribution in [3.05, 3.63) is 58.0 Å². The number of benzene rings is 2. The number of methoxy groups -OCH3 is 3. The molecule has 0 radical (unpaired) electrons. The molecule has 0 aliphatic heterocycles. The average Bonchev–Trinajstić information content (AvgIpc) is 3.21. The Morgan fingerprint density at radius 2 is 1.75 bits per heavy atom. The molecule has 1 unspecified atom stereocenters. The third-order valence-corrected chi connectivity index (χ3v) is 5.82. The second-order valence-corrected chi connectivity index (χ2v) is 7.53. The summed E-state index contributed by atoms with van der Waals surface area (Å²) >= 11 is 0. The number of carbonyl (C=O) groups is 1. The van der Waals surface area contributed by atoms with Gasteiger partial charge in [0.05, 0.1) is 39.0 Å². The van der Waals surface area contributed by atoms with Crippen molar-refractivity contribution in [3.8, 4) is 23.0 Å². The van der Waals surface area contributed by atoms with Gasteiger partial charge < -0.3 is 28.8 Å². The van der Waals surface area contributed by atoms with Gasteiger partial charge in [-0.25, -0.2) is 4.79 Å². The molecule has 1 aromatic heterocycles. The summed E-state index contributed by atoms with van der Waals surface area (Å²) in [7, 11) is 4.63. The molecule has 8 nitrogen and oxygen atoms in total. The molecule has 0 bridgehead atoms. The van der Waals surface area contributed by atoms with E-state index in [-0.39, 0.29) is 17.4 Å². The van der Waals surface area contributed by atoms with Crippen molar-refractivity contribution in [1.82, 2.24) is 9.88 Å². The Hall–Kier alpha value is -3.68. The summed E-state index contributed by atoms with van der Waals surface area (Å²) in [5.41, 5.74) is 2.00. The molecule has 1 atom stereocenters. The molecule has 4 rings (SSSR count). The Labute approximate surface area is 185 Å². The molecule has 1 N–H and O–H groups in total. The molecule has 0 saturated heterocycles. The Morgan fingerprint density at radius 1 is 1.03 bits per heavy atom. The number of nitrogens with one attached hydrogen (secondary N) is 1. The number of hydrogen-bond acceptors (Lipinski definition) is 6. The predicted molar refractivity (Wildman–Crippen MR) is 120 cm³/mol. The van der Waals surface area contributed by atoms with Crippen LogP contribution in [0, 0.1) is 0 Å². The molecule has 1 heterocycles. The topological polar surface area (TPSA) is 88.0 Å². The van der Waals surface area contributed by atoms with Crippen LogP contribution in [0.4, 0.5) is 4.79 Å². The Bertz CT molecular complexity index is 1230. The van der Waals surface area contributed by atoms with Gasteiger partial charge in [0.1, 0.15) is 5.75 Å². The van der Waals surface area contributed by atoms with Crippen LogP contribution < -0.4 is 29.8 Å². The minimum Gasteiger partial charge on any atom is -0.497 e. The van der Waals surface area contributed by atoms with Gasteiger partial charge in [0.25, 0.3) is 5.56 Å². The summed E-state index contributed by atoms with van der Waals surface area (Å²) in [6.07, 6.45) is 2.59. The molecular weight excluding hydrogens is 412 g/mol. The van der Waals surface area contributed by atoms with Crippen LogP contribution in [0.1, 0.15) is 30.5 Å².